The van der Waals surface area contributed by atoms with Crippen LogP contribution in [-0.4, -0.2) is 61.4 Å². The molecule has 2 aromatic carbocycles. The van der Waals surface area contributed by atoms with Gasteiger partial charge in [-0.25, -0.2) is 0 Å². The number of carbonyl (C=O) groups is 2. The summed E-state index contributed by atoms with van der Waals surface area (Å²) in [6.45, 7) is 10.1. The average molecular weight is 409 g/mol. The second-order valence-electron chi connectivity index (χ2n) is 8.20. The van der Waals surface area contributed by atoms with Crippen molar-refractivity contribution in [1.29, 1.82) is 0 Å². The van der Waals surface area contributed by atoms with Crippen molar-refractivity contribution in [3.8, 4) is 0 Å². The molecule has 6 nitrogen and oxygen atoms in total. The largest absolute Gasteiger partial charge is 0.346 e. The summed E-state index contributed by atoms with van der Waals surface area (Å²) < 4.78 is 0. The zero-order chi connectivity index (χ0) is 21.7. The van der Waals surface area contributed by atoms with E-state index in [1.54, 1.807) is 0 Å². The van der Waals surface area contributed by atoms with Gasteiger partial charge in [-0.3, -0.25) is 14.5 Å². The smallest absolute Gasteiger partial charge is 0.313 e. The van der Waals surface area contributed by atoms with Crippen LogP contribution in [0.25, 0.3) is 0 Å². The standard InChI is InChI=1S/C24H32N4O2/c1-17-8-10-20(11-9-17)21(28-14-12-27(4)13-15-28)16-25-23(29)24(30)26-22-18(2)6-5-7-19(22)3/h5-11,21H,12-16H2,1-4H3,(H,25,29)(H,26,30). The summed E-state index contributed by atoms with van der Waals surface area (Å²) >= 11 is 0. The first-order chi connectivity index (χ1) is 14.3. The Morgan fingerprint density at radius 1 is 0.900 bits per heavy atom. The molecule has 3 rings (SSSR count). The molecule has 1 atom stereocenters. The van der Waals surface area contributed by atoms with Gasteiger partial charge in [0.1, 0.15) is 0 Å². The van der Waals surface area contributed by atoms with Gasteiger partial charge in [-0.2, -0.15) is 0 Å². The van der Waals surface area contributed by atoms with Crippen LogP contribution in [0.1, 0.15) is 28.3 Å². The maximum absolute atomic E-state index is 12.5. The fraction of sp³-hybridized carbons (Fsp3) is 0.417. The van der Waals surface area contributed by atoms with Crippen LogP contribution < -0.4 is 10.6 Å². The lowest BCUT2D eigenvalue weighted by Crippen LogP contribution is -2.49. The van der Waals surface area contributed by atoms with Crippen molar-refractivity contribution in [3.63, 3.8) is 0 Å². The first-order valence-electron chi connectivity index (χ1n) is 10.5. The molecule has 0 radical (unpaired) electrons. The molecule has 2 aromatic rings. The first kappa shape index (κ1) is 22.0. The molecule has 0 saturated carbocycles. The third-order valence-electron chi connectivity index (χ3n) is 5.82. The summed E-state index contributed by atoms with van der Waals surface area (Å²) in [5, 5.41) is 5.62. The van der Waals surface area contributed by atoms with E-state index in [1.807, 2.05) is 32.0 Å². The molecular formula is C24H32N4O2. The maximum atomic E-state index is 12.5. The Morgan fingerprint density at radius 2 is 1.50 bits per heavy atom. The van der Waals surface area contributed by atoms with Gasteiger partial charge in [0.05, 0.1) is 6.04 Å². The highest BCUT2D eigenvalue weighted by Crippen LogP contribution is 2.22. The van der Waals surface area contributed by atoms with Crippen LogP contribution in [0.5, 0.6) is 0 Å². The summed E-state index contributed by atoms with van der Waals surface area (Å²) in [5.41, 5.74) is 4.93. The highest BCUT2D eigenvalue weighted by molar-refractivity contribution is 6.39. The lowest BCUT2D eigenvalue weighted by atomic mass is 10.0. The van der Waals surface area contributed by atoms with Crippen LogP contribution in [-0.2, 0) is 9.59 Å². The number of anilines is 1. The van der Waals surface area contributed by atoms with E-state index in [9.17, 15) is 9.59 Å². The molecule has 1 fully saturated rings. The van der Waals surface area contributed by atoms with Crippen molar-refractivity contribution in [2.75, 3.05) is 45.1 Å². The second-order valence-corrected chi connectivity index (χ2v) is 8.20. The molecule has 6 heteroatoms. The van der Waals surface area contributed by atoms with Gasteiger partial charge in [-0.1, -0.05) is 48.0 Å². The van der Waals surface area contributed by atoms with Gasteiger partial charge in [-0.15, -0.1) is 0 Å². The number of aryl methyl sites for hydroxylation is 3. The molecule has 1 saturated heterocycles. The van der Waals surface area contributed by atoms with Gasteiger partial charge < -0.3 is 15.5 Å². The number of piperazine rings is 1. The Balaban J connectivity index is 1.67. The Kier molecular flexibility index (Phi) is 7.24. The third-order valence-corrected chi connectivity index (χ3v) is 5.82. The molecule has 160 valence electrons. The van der Waals surface area contributed by atoms with Crippen LogP contribution in [0.3, 0.4) is 0 Å². The van der Waals surface area contributed by atoms with E-state index in [0.29, 0.717) is 12.2 Å². The lowest BCUT2D eigenvalue weighted by Gasteiger charge is -2.38. The maximum Gasteiger partial charge on any atom is 0.313 e. The SMILES string of the molecule is Cc1ccc(C(CNC(=O)C(=O)Nc2c(C)cccc2C)N2CCN(C)CC2)cc1. The monoisotopic (exact) mass is 408 g/mol. The fourth-order valence-corrected chi connectivity index (χ4v) is 3.83. The minimum Gasteiger partial charge on any atom is -0.346 e. The summed E-state index contributed by atoms with van der Waals surface area (Å²) in [6.07, 6.45) is 0. The van der Waals surface area contributed by atoms with Crippen LogP contribution in [0, 0.1) is 20.8 Å². The van der Waals surface area contributed by atoms with Crippen molar-refractivity contribution in [1.82, 2.24) is 15.1 Å². The summed E-state index contributed by atoms with van der Waals surface area (Å²) in [6, 6.07) is 14.2. The van der Waals surface area contributed by atoms with Crippen LogP contribution in [0.15, 0.2) is 42.5 Å². The number of benzene rings is 2. The van der Waals surface area contributed by atoms with Gasteiger partial charge in [0.2, 0.25) is 0 Å². The number of para-hydroxylation sites is 1. The third kappa shape index (κ3) is 5.46. The van der Waals surface area contributed by atoms with Crippen LogP contribution >= 0.6 is 0 Å². The van der Waals surface area contributed by atoms with Crippen molar-refractivity contribution < 1.29 is 9.59 Å². The molecule has 1 aliphatic heterocycles. The van der Waals surface area contributed by atoms with Crippen molar-refractivity contribution in [2.24, 2.45) is 0 Å². The summed E-state index contributed by atoms with van der Waals surface area (Å²) in [4.78, 5) is 29.7. The highest BCUT2D eigenvalue weighted by Gasteiger charge is 2.25. The number of hydrogen-bond acceptors (Lipinski definition) is 4. The Bertz CT molecular complexity index is 866. The second kappa shape index (κ2) is 9.87. The molecule has 1 unspecified atom stereocenters. The number of likely N-dealkylation sites (N-methyl/N-ethyl adjacent to an activating group) is 1. The molecule has 0 aliphatic carbocycles. The lowest BCUT2D eigenvalue weighted by molar-refractivity contribution is -0.136. The van der Waals surface area contributed by atoms with E-state index in [2.05, 4.69) is 58.7 Å². The van der Waals surface area contributed by atoms with E-state index in [4.69, 9.17) is 0 Å². The van der Waals surface area contributed by atoms with Gasteiger partial charge in [0, 0.05) is 38.4 Å². The quantitative estimate of drug-likeness (QED) is 0.747. The van der Waals surface area contributed by atoms with E-state index in [1.165, 1.54) is 5.56 Å². The van der Waals surface area contributed by atoms with Gasteiger partial charge in [0.15, 0.2) is 0 Å². The predicted octanol–water partition coefficient (Wildman–Crippen LogP) is 2.66. The number of hydrogen-bond donors (Lipinski definition) is 2. The zero-order valence-electron chi connectivity index (χ0n) is 18.4. The molecule has 2 amide bonds. The number of rotatable bonds is 5. The van der Waals surface area contributed by atoms with E-state index in [-0.39, 0.29) is 6.04 Å². The number of nitrogens with zero attached hydrogens (tertiary/aromatic N) is 2. The summed E-state index contributed by atoms with van der Waals surface area (Å²) in [7, 11) is 2.12. The Hall–Kier alpha value is -2.70. The Labute approximate surface area is 179 Å². The molecule has 2 N–H and O–H groups in total. The number of nitrogens with one attached hydrogen (secondary N) is 2. The average Bonchev–Trinajstić information content (AvgIpc) is 2.73. The van der Waals surface area contributed by atoms with E-state index < -0.39 is 11.8 Å². The molecule has 0 bridgehead atoms. The molecule has 0 aromatic heterocycles. The number of amides is 2. The number of carbonyl (C=O) groups excluding carboxylic acids is 2. The van der Waals surface area contributed by atoms with Crippen molar-refractivity contribution in [2.45, 2.75) is 26.8 Å². The Morgan fingerprint density at radius 3 is 2.10 bits per heavy atom. The first-order valence-corrected chi connectivity index (χ1v) is 10.5. The molecule has 1 heterocycles. The van der Waals surface area contributed by atoms with E-state index in [0.717, 1.165) is 42.9 Å². The van der Waals surface area contributed by atoms with Gasteiger partial charge in [0.25, 0.3) is 0 Å². The molecule has 1 aliphatic rings. The fourth-order valence-electron chi connectivity index (χ4n) is 3.83. The van der Waals surface area contributed by atoms with Crippen LogP contribution in [0.2, 0.25) is 0 Å². The van der Waals surface area contributed by atoms with Crippen molar-refractivity contribution in [3.05, 3.63) is 64.7 Å². The minimum atomic E-state index is -0.631. The molecular weight excluding hydrogens is 376 g/mol. The summed E-state index contributed by atoms with van der Waals surface area (Å²) in [5.74, 6) is -1.24. The van der Waals surface area contributed by atoms with Crippen LogP contribution in [0.4, 0.5) is 5.69 Å². The van der Waals surface area contributed by atoms with E-state index >= 15 is 0 Å². The van der Waals surface area contributed by atoms with Gasteiger partial charge >= 0.3 is 11.8 Å². The topological polar surface area (TPSA) is 64.7 Å². The zero-order valence-corrected chi connectivity index (χ0v) is 18.4. The normalized spacial score (nSPS) is 16.1. The molecule has 0 spiro atoms. The van der Waals surface area contributed by atoms with Crippen molar-refractivity contribution >= 4 is 17.5 Å². The minimum absolute atomic E-state index is 0.0382. The molecule has 30 heavy (non-hydrogen) atoms. The highest BCUT2D eigenvalue weighted by atomic mass is 16.2. The predicted molar refractivity (Wildman–Crippen MR) is 121 cm³/mol. The van der Waals surface area contributed by atoms with Gasteiger partial charge in [-0.05, 0) is 44.5 Å².